The minimum Gasteiger partial charge on any atom is -0.279 e. The van der Waals surface area contributed by atoms with Gasteiger partial charge in [-0.25, -0.2) is 13.4 Å². The molecule has 3 aromatic rings. The molecular weight excluding hydrogens is 352 g/mol. The molecule has 2 aromatic carbocycles. The molecule has 130 valence electrons. The van der Waals surface area contributed by atoms with Gasteiger partial charge in [0.25, 0.3) is 10.0 Å². The zero-order valence-corrected chi connectivity index (χ0v) is 16.3. The first-order valence-electron chi connectivity index (χ1n) is 7.90. The van der Waals surface area contributed by atoms with Crippen molar-refractivity contribution in [1.29, 1.82) is 0 Å². The summed E-state index contributed by atoms with van der Waals surface area (Å²) < 4.78 is 28.8. The molecule has 1 N–H and O–H groups in total. The van der Waals surface area contributed by atoms with Crippen molar-refractivity contribution < 1.29 is 8.42 Å². The molecule has 0 aliphatic carbocycles. The van der Waals surface area contributed by atoms with Crippen LogP contribution in [0, 0.1) is 27.7 Å². The Morgan fingerprint density at radius 2 is 1.64 bits per heavy atom. The SMILES string of the molecule is Cc1cc(C)c(S(=O)(=O)Nc2ccccc2-c2csc(C)n2)c(C)c1. The number of hydrogen-bond acceptors (Lipinski definition) is 4. The van der Waals surface area contributed by atoms with E-state index in [1.54, 1.807) is 17.4 Å². The molecule has 0 aliphatic heterocycles. The molecule has 1 aromatic heterocycles. The molecule has 0 aliphatic rings. The fourth-order valence-electron chi connectivity index (χ4n) is 3.07. The highest BCUT2D eigenvalue weighted by Gasteiger charge is 2.21. The Balaban J connectivity index is 2.06. The molecule has 25 heavy (non-hydrogen) atoms. The average Bonchev–Trinajstić information content (AvgIpc) is 2.92. The van der Waals surface area contributed by atoms with Crippen molar-refractivity contribution in [2.24, 2.45) is 0 Å². The topological polar surface area (TPSA) is 59.1 Å². The Bertz CT molecular complexity index is 1010. The van der Waals surface area contributed by atoms with Crippen LogP contribution in [0.4, 0.5) is 5.69 Å². The third-order valence-corrected chi connectivity index (χ3v) is 6.38. The number of nitrogens with one attached hydrogen (secondary N) is 1. The maximum Gasteiger partial charge on any atom is 0.262 e. The van der Waals surface area contributed by atoms with Crippen LogP contribution >= 0.6 is 11.3 Å². The van der Waals surface area contributed by atoms with Crippen molar-refractivity contribution in [3.63, 3.8) is 0 Å². The van der Waals surface area contributed by atoms with Crippen LogP contribution in [0.25, 0.3) is 11.3 Å². The lowest BCUT2D eigenvalue weighted by Crippen LogP contribution is -2.16. The van der Waals surface area contributed by atoms with Crippen LogP contribution in [0.2, 0.25) is 0 Å². The highest BCUT2D eigenvalue weighted by molar-refractivity contribution is 7.92. The van der Waals surface area contributed by atoms with Crippen molar-refractivity contribution in [2.45, 2.75) is 32.6 Å². The van der Waals surface area contributed by atoms with Crippen LogP contribution in [0.1, 0.15) is 21.7 Å². The smallest absolute Gasteiger partial charge is 0.262 e. The Labute approximate surface area is 152 Å². The molecule has 3 rings (SSSR count). The van der Waals surface area contributed by atoms with Gasteiger partial charge in [-0.05, 0) is 44.9 Å². The number of aromatic nitrogens is 1. The van der Waals surface area contributed by atoms with Crippen molar-refractivity contribution in [3.05, 3.63) is 63.5 Å². The molecule has 1 heterocycles. The molecular formula is C19H20N2O2S2. The summed E-state index contributed by atoms with van der Waals surface area (Å²) in [6.45, 7) is 7.54. The van der Waals surface area contributed by atoms with Crippen molar-refractivity contribution in [2.75, 3.05) is 4.72 Å². The van der Waals surface area contributed by atoms with E-state index in [0.29, 0.717) is 10.6 Å². The Kier molecular flexibility index (Phi) is 4.67. The van der Waals surface area contributed by atoms with E-state index >= 15 is 0 Å². The highest BCUT2D eigenvalue weighted by Crippen LogP contribution is 2.31. The Morgan fingerprint density at radius 1 is 1.00 bits per heavy atom. The summed E-state index contributed by atoms with van der Waals surface area (Å²) in [5.74, 6) is 0. The number of rotatable bonds is 4. The maximum absolute atomic E-state index is 13.0. The van der Waals surface area contributed by atoms with E-state index < -0.39 is 10.0 Å². The number of hydrogen-bond donors (Lipinski definition) is 1. The number of anilines is 1. The van der Waals surface area contributed by atoms with Gasteiger partial charge in [0, 0.05) is 10.9 Å². The van der Waals surface area contributed by atoms with E-state index in [0.717, 1.165) is 33.0 Å². The first-order valence-corrected chi connectivity index (χ1v) is 10.3. The Hall–Kier alpha value is -2.18. The van der Waals surface area contributed by atoms with Crippen LogP contribution in [0.3, 0.4) is 0 Å². The number of aryl methyl sites for hydroxylation is 4. The Morgan fingerprint density at radius 3 is 2.24 bits per heavy atom. The second kappa shape index (κ2) is 6.61. The van der Waals surface area contributed by atoms with Gasteiger partial charge >= 0.3 is 0 Å². The van der Waals surface area contributed by atoms with Crippen LogP contribution in [0.15, 0.2) is 46.7 Å². The van der Waals surface area contributed by atoms with Gasteiger partial charge in [-0.15, -0.1) is 11.3 Å². The van der Waals surface area contributed by atoms with E-state index in [9.17, 15) is 8.42 Å². The molecule has 4 nitrogen and oxygen atoms in total. The lowest BCUT2D eigenvalue weighted by Gasteiger charge is -2.15. The van der Waals surface area contributed by atoms with Gasteiger partial charge < -0.3 is 0 Å². The number of benzene rings is 2. The van der Waals surface area contributed by atoms with E-state index in [1.165, 1.54) is 0 Å². The van der Waals surface area contributed by atoms with E-state index in [4.69, 9.17) is 0 Å². The predicted octanol–water partition coefficient (Wildman–Crippen LogP) is 4.84. The zero-order valence-electron chi connectivity index (χ0n) is 14.6. The third kappa shape index (κ3) is 3.60. The van der Waals surface area contributed by atoms with E-state index in [-0.39, 0.29) is 0 Å². The van der Waals surface area contributed by atoms with Crippen LogP contribution in [0.5, 0.6) is 0 Å². The van der Waals surface area contributed by atoms with Gasteiger partial charge in [-0.1, -0.05) is 35.9 Å². The molecule has 0 saturated heterocycles. The summed E-state index contributed by atoms with van der Waals surface area (Å²) in [6, 6.07) is 11.1. The second-order valence-electron chi connectivity index (χ2n) is 6.13. The summed E-state index contributed by atoms with van der Waals surface area (Å²) in [7, 11) is -3.69. The molecule has 0 saturated carbocycles. The third-order valence-electron chi connectivity index (χ3n) is 3.94. The monoisotopic (exact) mass is 372 g/mol. The number of nitrogens with zero attached hydrogens (tertiary/aromatic N) is 1. The average molecular weight is 373 g/mol. The summed E-state index contributed by atoms with van der Waals surface area (Å²) in [6.07, 6.45) is 0. The summed E-state index contributed by atoms with van der Waals surface area (Å²) in [5.41, 5.74) is 4.62. The van der Waals surface area contributed by atoms with Gasteiger partial charge in [-0.2, -0.15) is 0 Å². The fraction of sp³-hybridized carbons (Fsp3) is 0.211. The van der Waals surface area contributed by atoms with E-state index in [1.807, 2.05) is 63.4 Å². The molecule has 0 bridgehead atoms. The van der Waals surface area contributed by atoms with Gasteiger partial charge in [0.2, 0.25) is 0 Å². The standard InChI is InChI=1S/C19H20N2O2S2/c1-12-9-13(2)19(14(3)10-12)25(22,23)21-17-8-6-5-7-16(17)18-11-24-15(4)20-18/h5-11,21H,1-4H3. The van der Waals surface area contributed by atoms with Crippen molar-refractivity contribution in [1.82, 2.24) is 4.98 Å². The molecule has 0 fully saturated rings. The molecule has 0 atom stereocenters. The second-order valence-corrected chi connectivity index (χ2v) is 8.81. The lowest BCUT2D eigenvalue weighted by atomic mass is 10.1. The van der Waals surface area contributed by atoms with Crippen LogP contribution in [-0.4, -0.2) is 13.4 Å². The number of sulfonamides is 1. The van der Waals surface area contributed by atoms with Crippen molar-refractivity contribution in [3.8, 4) is 11.3 Å². The van der Waals surface area contributed by atoms with E-state index in [2.05, 4.69) is 9.71 Å². The number of para-hydroxylation sites is 1. The largest absolute Gasteiger partial charge is 0.279 e. The molecule has 6 heteroatoms. The quantitative estimate of drug-likeness (QED) is 0.712. The maximum atomic E-state index is 13.0. The molecule has 0 radical (unpaired) electrons. The van der Waals surface area contributed by atoms with Crippen LogP contribution in [-0.2, 0) is 10.0 Å². The number of thiazole rings is 1. The minimum atomic E-state index is -3.69. The van der Waals surface area contributed by atoms with Gasteiger partial charge in [0.15, 0.2) is 0 Å². The molecule has 0 amide bonds. The fourth-order valence-corrected chi connectivity index (χ4v) is 5.22. The minimum absolute atomic E-state index is 0.336. The van der Waals surface area contributed by atoms with Gasteiger partial charge in [-0.3, -0.25) is 4.72 Å². The highest BCUT2D eigenvalue weighted by atomic mass is 32.2. The summed E-state index contributed by atoms with van der Waals surface area (Å²) in [5, 5.41) is 2.88. The summed E-state index contributed by atoms with van der Waals surface area (Å²) >= 11 is 1.54. The first kappa shape index (κ1) is 17.6. The lowest BCUT2D eigenvalue weighted by molar-refractivity contribution is 0.600. The summed E-state index contributed by atoms with van der Waals surface area (Å²) in [4.78, 5) is 4.81. The van der Waals surface area contributed by atoms with Crippen molar-refractivity contribution >= 4 is 27.0 Å². The molecule has 0 unspecified atom stereocenters. The predicted molar refractivity (Wildman–Crippen MR) is 104 cm³/mol. The first-order chi connectivity index (χ1) is 11.8. The van der Waals surface area contributed by atoms with Gasteiger partial charge in [0.1, 0.15) is 0 Å². The normalized spacial score (nSPS) is 11.5. The van der Waals surface area contributed by atoms with Crippen LogP contribution < -0.4 is 4.72 Å². The van der Waals surface area contributed by atoms with Gasteiger partial charge in [0.05, 0.1) is 21.3 Å². The molecule has 0 spiro atoms. The zero-order chi connectivity index (χ0) is 18.2.